The van der Waals surface area contributed by atoms with Gasteiger partial charge in [0.15, 0.2) is 0 Å². The predicted octanol–water partition coefficient (Wildman–Crippen LogP) is 0.806. The summed E-state index contributed by atoms with van der Waals surface area (Å²) >= 11 is 0. The lowest BCUT2D eigenvalue weighted by molar-refractivity contribution is -0.139. The van der Waals surface area contributed by atoms with Crippen LogP contribution in [0.4, 0.5) is 0 Å². The molecule has 2 amide bonds. The second-order valence-electron chi connectivity index (χ2n) is 5.19. The Morgan fingerprint density at radius 1 is 1.22 bits per heavy atom. The van der Waals surface area contributed by atoms with Crippen LogP contribution in [0, 0.1) is 0 Å². The second-order valence-corrected chi connectivity index (χ2v) is 5.19. The van der Waals surface area contributed by atoms with E-state index in [2.05, 4.69) is 15.6 Å². The molecule has 4 N–H and O–H groups in total. The van der Waals surface area contributed by atoms with E-state index in [1.807, 2.05) is 30.5 Å². The highest BCUT2D eigenvalue weighted by Gasteiger charge is 2.21. The molecule has 122 valence electrons. The molecule has 7 heteroatoms. The molecule has 2 aromatic rings. The molecule has 0 saturated carbocycles. The van der Waals surface area contributed by atoms with E-state index in [1.165, 1.54) is 7.05 Å². The Hall–Kier alpha value is -2.83. The summed E-state index contributed by atoms with van der Waals surface area (Å²) in [5.41, 5.74) is 1.86. The average Bonchev–Trinajstić information content (AvgIpc) is 2.95. The van der Waals surface area contributed by atoms with Crippen molar-refractivity contribution in [2.24, 2.45) is 0 Å². The van der Waals surface area contributed by atoms with Crippen molar-refractivity contribution in [2.75, 3.05) is 7.05 Å². The van der Waals surface area contributed by atoms with Crippen molar-refractivity contribution in [1.29, 1.82) is 0 Å². The maximum Gasteiger partial charge on any atom is 0.303 e. The topological polar surface area (TPSA) is 111 Å². The van der Waals surface area contributed by atoms with Crippen molar-refractivity contribution in [2.45, 2.75) is 25.3 Å². The summed E-state index contributed by atoms with van der Waals surface area (Å²) in [6, 6.07) is 6.93. The van der Waals surface area contributed by atoms with Crippen molar-refractivity contribution in [3.8, 4) is 0 Å². The number of nitrogens with one attached hydrogen (secondary N) is 3. The number of benzene rings is 1. The molecule has 0 aliphatic heterocycles. The quantitative estimate of drug-likeness (QED) is 0.605. The first-order valence-electron chi connectivity index (χ1n) is 7.29. The van der Waals surface area contributed by atoms with Gasteiger partial charge >= 0.3 is 5.97 Å². The van der Waals surface area contributed by atoms with E-state index in [4.69, 9.17) is 5.11 Å². The fourth-order valence-electron chi connectivity index (χ4n) is 2.39. The number of para-hydroxylation sites is 1. The fraction of sp³-hybridized carbons (Fsp3) is 0.312. The van der Waals surface area contributed by atoms with E-state index < -0.39 is 17.9 Å². The number of rotatable bonds is 7. The molecule has 1 aromatic heterocycles. The van der Waals surface area contributed by atoms with Gasteiger partial charge < -0.3 is 20.7 Å². The molecule has 0 radical (unpaired) electrons. The van der Waals surface area contributed by atoms with Gasteiger partial charge in [-0.15, -0.1) is 0 Å². The minimum absolute atomic E-state index is 0.156. The number of H-pyrrole nitrogens is 1. The number of hydrogen-bond donors (Lipinski definition) is 4. The first-order valence-corrected chi connectivity index (χ1v) is 7.29. The van der Waals surface area contributed by atoms with Gasteiger partial charge in [0.05, 0.1) is 6.42 Å². The van der Waals surface area contributed by atoms with Crippen LogP contribution >= 0.6 is 0 Å². The number of carbonyl (C=O) groups is 3. The molecule has 0 spiro atoms. The number of fused-ring (bicyclic) bond motifs is 1. The van der Waals surface area contributed by atoms with Gasteiger partial charge in [-0.1, -0.05) is 18.2 Å². The van der Waals surface area contributed by atoms with E-state index in [1.54, 1.807) is 0 Å². The van der Waals surface area contributed by atoms with Crippen LogP contribution in [0.25, 0.3) is 10.9 Å². The molecule has 0 aliphatic carbocycles. The van der Waals surface area contributed by atoms with Crippen LogP contribution in [-0.4, -0.2) is 41.0 Å². The van der Waals surface area contributed by atoms with Crippen molar-refractivity contribution in [3.63, 3.8) is 0 Å². The maximum absolute atomic E-state index is 12.0. The molecule has 0 saturated heterocycles. The highest BCUT2D eigenvalue weighted by atomic mass is 16.4. The molecule has 0 aliphatic rings. The van der Waals surface area contributed by atoms with E-state index in [0.29, 0.717) is 6.42 Å². The van der Waals surface area contributed by atoms with Crippen LogP contribution in [0.5, 0.6) is 0 Å². The predicted molar refractivity (Wildman–Crippen MR) is 84.9 cm³/mol. The first-order chi connectivity index (χ1) is 11.0. The lowest BCUT2D eigenvalue weighted by atomic mass is 10.0. The Morgan fingerprint density at radius 3 is 2.65 bits per heavy atom. The maximum atomic E-state index is 12.0. The summed E-state index contributed by atoms with van der Waals surface area (Å²) in [5, 5.41) is 14.7. The van der Waals surface area contributed by atoms with Gasteiger partial charge in [0.1, 0.15) is 6.04 Å². The van der Waals surface area contributed by atoms with Crippen molar-refractivity contribution >= 4 is 28.7 Å². The van der Waals surface area contributed by atoms with Gasteiger partial charge in [-0.3, -0.25) is 14.4 Å². The molecular formula is C16H19N3O4. The van der Waals surface area contributed by atoms with Gasteiger partial charge in [0.25, 0.3) is 0 Å². The van der Waals surface area contributed by atoms with Crippen molar-refractivity contribution in [1.82, 2.24) is 15.6 Å². The van der Waals surface area contributed by atoms with Crippen LogP contribution in [0.2, 0.25) is 0 Å². The summed E-state index contributed by atoms with van der Waals surface area (Å²) in [7, 11) is 1.49. The molecule has 1 heterocycles. The lowest BCUT2D eigenvalue weighted by Crippen LogP contribution is -2.47. The van der Waals surface area contributed by atoms with Gasteiger partial charge in [0.2, 0.25) is 11.8 Å². The molecule has 23 heavy (non-hydrogen) atoms. The standard InChI is InChI=1S/C16H19N3O4/c1-17-16(23)13(19-14(20)6-7-15(21)22)8-10-9-18-12-5-3-2-4-11(10)12/h2-5,9,13,18H,6-8H2,1H3,(H,17,23)(H,19,20)(H,21,22)/t13-/m0/s1. The average molecular weight is 317 g/mol. The van der Waals surface area contributed by atoms with Crippen LogP contribution in [0.15, 0.2) is 30.5 Å². The third-order valence-electron chi connectivity index (χ3n) is 3.56. The number of aromatic amines is 1. The Balaban J connectivity index is 2.11. The van der Waals surface area contributed by atoms with Gasteiger partial charge in [-0.05, 0) is 11.6 Å². The smallest absolute Gasteiger partial charge is 0.303 e. The lowest BCUT2D eigenvalue weighted by Gasteiger charge is -2.17. The van der Waals surface area contributed by atoms with E-state index in [-0.39, 0.29) is 18.7 Å². The number of aliphatic carboxylic acids is 1. The number of likely N-dealkylation sites (N-methyl/N-ethyl adjacent to an activating group) is 1. The van der Waals surface area contributed by atoms with Crippen molar-refractivity contribution in [3.05, 3.63) is 36.0 Å². The van der Waals surface area contributed by atoms with Crippen molar-refractivity contribution < 1.29 is 19.5 Å². The number of aromatic nitrogens is 1. The van der Waals surface area contributed by atoms with Crippen LogP contribution in [0.1, 0.15) is 18.4 Å². The number of carboxylic acids is 1. The monoisotopic (exact) mass is 317 g/mol. The van der Waals surface area contributed by atoms with Crippen LogP contribution < -0.4 is 10.6 Å². The molecule has 0 unspecified atom stereocenters. The Labute approximate surface area is 133 Å². The van der Waals surface area contributed by atoms with E-state index >= 15 is 0 Å². The van der Waals surface area contributed by atoms with Crippen LogP contribution in [0.3, 0.4) is 0 Å². The van der Waals surface area contributed by atoms with Gasteiger partial charge in [0, 0.05) is 37.0 Å². The minimum Gasteiger partial charge on any atom is -0.481 e. The zero-order valence-corrected chi connectivity index (χ0v) is 12.8. The SMILES string of the molecule is CNC(=O)[C@H](Cc1c[nH]c2ccccc12)NC(=O)CCC(=O)O. The summed E-state index contributed by atoms with van der Waals surface area (Å²) in [4.78, 5) is 37.4. The number of hydrogen-bond acceptors (Lipinski definition) is 3. The molecule has 1 atom stereocenters. The highest BCUT2D eigenvalue weighted by Crippen LogP contribution is 2.19. The van der Waals surface area contributed by atoms with Gasteiger partial charge in [-0.2, -0.15) is 0 Å². The Kier molecular flexibility index (Phi) is 5.35. The molecular weight excluding hydrogens is 298 g/mol. The summed E-state index contributed by atoms with van der Waals surface area (Å²) in [6.45, 7) is 0. The fourth-order valence-corrected chi connectivity index (χ4v) is 2.39. The molecule has 0 fully saturated rings. The number of carbonyl (C=O) groups excluding carboxylic acids is 2. The molecule has 2 rings (SSSR count). The minimum atomic E-state index is -1.05. The summed E-state index contributed by atoms with van der Waals surface area (Å²) < 4.78 is 0. The third kappa shape index (κ3) is 4.32. The third-order valence-corrected chi connectivity index (χ3v) is 3.56. The summed E-state index contributed by atoms with van der Waals surface area (Å²) in [6.07, 6.45) is 1.71. The first kappa shape index (κ1) is 16.5. The molecule has 1 aromatic carbocycles. The largest absolute Gasteiger partial charge is 0.481 e. The zero-order valence-electron chi connectivity index (χ0n) is 12.8. The number of amides is 2. The van der Waals surface area contributed by atoms with E-state index in [9.17, 15) is 14.4 Å². The van der Waals surface area contributed by atoms with Gasteiger partial charge in [-0.25, -0.2) is 0 Å². The number of carboxylic acid groups (broad SMARTS) is 1. The zero-order chi connectivity index (χ0) is 16.8. The van der Waals surface area contributed by atoms with Crippen LogP contribution in [-0.2, 0) is 20.8 Å². The second kappa shape index (κ2) is 7.44. The summed E-state index contributed by atoms with van der Waals surface area (Å²) in [5.74, 6) is -1.83. The Bertz CT molecular complexity index is 723. The molecule has 7 nitrogen and oxygen atoms in total. The Morgan fingerprint density at radius 2 is 1.96 bits per heavy atom. The molecule has 0 bridgehead atoms. The highest BCUT2D eigenvalue weighted by molar-refractivity contribution is 5.90. The van der Waals surface area contributed by atoms with E-state index in [0.717, 1.165) is 16.5 Å². The normalized spacial score (nSPS) is 11.9.